The highest BCUT2D eigenvalue weighted by molar-refractivity contribution is 5.43. The number of nitrogens with one attached hydrogen (secondary N) is 2. The Bertz CT molecular complexity index is 1120. The van der Waals surface area contributed by atoms with Crippen LogP contribution in [0.5, 0.6) is 11.5 Å². The highest BCUT2D eigenvalue weighted by Crippen LogP contribution is 2.22. The fourth-order valence-electron chi connectivity index (χ4n) is 2.77. The smallest absolute Gasteiger partial charge is 0.250 e. The predicted octanol–water partition coefficient (Wildman–Crippen LogP) is 3.67. The maximum absolute atomic E-state index is 11.5. The second-order valence-corrected chi connectivity index (χ2v) is 6.33. The standard InChI is InChI=1S/C21H19N5O2/c1-15-11-16(12-21(27)23-15)22-13-17-14-26(25-24-17)18-7-9-20(10-8-18)28-19-5-3-2-4-6-19/h2-12,14H,13H2,1H3,(H2,22,23,27). The summed E-state index contributed by atoms with van der Waals surface area (Å²) in [6, 6.07) is 20.6. The molecule has 0 amide bonds. The average molecular weight is 373 g/mol. The van der Waals surface area contributed by atoms with E-state index < -0.39 is 0 Å². The highest BCUT2D eigenvalue weighted by Gasteiger charge is 2.05. The van der Waals surface area contributed by atoms with Gasteiger partial charge in [0, 0.05) is 17.4 Å². The van der Waals surface area contributed by atoms with Crippen molar-refractivity contribution < 1.29 is 4.74 Å². The quantitative estimate of drug-likeness (QED) is 0.539. The van der Waals surface area contributed by atoms with Crippen LogP contribution in [0.3, 0.4) is 0 Å². The molecule has 0 spiro atoms. The van der Waals surface area contributed by atoms with E-state index in [2.05, 4.69) is 20.6 Å². The number of benzene rings is 2. The summed E-state index contributed by atoms with van der Waals surface area (Å²) in [7, 11) is 0. The van der Waals surface area contributed by atoms with Crippen LogP contribution >= 0.6 is 0 Å². The molecule has 4 aromatic rings. The first-order chi connectivity index (χ1) is 13.7. The number of nitrogens with zero attached hydrogens (tertiary/aromatic N) is 3. The maximum atomic E-state index is 11.5. The molecule has 2 N–H and O–H groups in total. The van der Waals surface area contributed by atoms with Gasteiger partial charge < -0.3 is 15.0 Å². The van der Waals surface area contributed by atoms with E-state index in [1.165, 1.54) is 6.07 Å². The molecule has 0 atom stereocenters. The van der Waals surface area contributed by atoms with Gasteiger partial charge in [0.05, 0.1) is 18.4 Å². The van der Waals surface area contributed by atoms with Gasteiger partial charge in [-0.1, -0.05) is 23.4 Å². The molecule has 0 radical (unpaired) electrons. The van der Waals surface area contributed by atoms with E-state index in [0.29, 0.717) is 6.54 Å². The van der Waals surface area contributed by atoms with Crippen LogP contribution in [-0.4, -0.2) is 20.0 Å². The number of rotatable bonds is 6. The van der Waals surface area contributed by atoms with E-state index >= 15 is 0 Å². The zero-order valence-electron chi connectivity index (χ0n) is 15.3. The molecule has 0 saturated heterocycles. The molecule has 4 rings (SSSR count). The lowest BCUT2D eigenvalue weighted by Crippen LogP contribution is -2.09. The monoisotopic (exact) mass is 373 g/mol. The van der Waals surface area contributed by atoms with Crippen molar-refractivity contribution >= 4 is 5.69 Å². The van der Waals surface area contributed by atoms with E-state index in [1.54, 1.807) is 4.68 Å². The molecule has 2 aromatic carbocycles. The Hall–Kier alpha value is -3.87. The molecule has 0 bridgehead atoms. The second kappa shape index (κ2) is 7.79. The largest absolute Gasteiger partial charge is 0.457 e. The number of para-hydroxylation sites is 1. The molecule has 0 aliphatic heterocycles. The molecule has 2 aromatic heterocycles. The first-order valence-corrected chi connectivity index (χ1v) is 8.85. The SMILES string of the molecule is Cc1cc(NCc2cn(-c3ccc(Oc4ccccc4)cc3)nn2)cc(=O)[nH]1. The van der Waals surface area contributed by atoms with Gasteiger partial charge in [-0.15, -0.1) is 5.10 Å². The third kappa shape index (κ3) is 4.27. The number of aromatic nitrogens is 4. The molecule has 28 heavy (non-hydrogen) atoms. The topological polar surface area (TPSA) is 84.8 Å². The predicted molar refractivity (Wildman–Crippen MR) is 107 cm³/mol. The zero-order chi connectivity index (χ0) is 19.3. The third-order valence-electron chi connectivity index (χ3n) is 4.07. The summed E-state index contributed by atoms with van der Waals surface area (Å²) in [6.45, 7) is 2.31. The lowest BCUT2D eigenvalue weighted by molar-refractivity contribution is 0.482. The first kappa shape index (κ1) is 17.5. The number of hydrogen-bond donors (Lipinski definition) is 2. The van der Waals surface area contributed by atoms with Crippen molar-refractivity contribution in [3.8, 4) is 17.2 Å². The van der Waals surface area contributed by atoms with E-state index in [-0.39, 0.29) is 5.56 Å². The zero-order valence-corrected chi connectivity index (χ0v) is 15.3. The van der Waals surface area contributed by atoms with Crippen LogP contribution in [0, 0.1) is 6.92 Å². The lowest BCUT2D eigenvalue weighted by atomic mass is 10.3. The Kier molecular flexibility index (Phi) is 4.88. The van der Waals surface area contributed by atoms with Crippen molar-refractivity contribution in [1.29, 1.82) is 0 Å². The Morgan fingerprint density at radius 2 is 1.79 bits per heavy atom. The van der Waals surface area contributed by atoms with Crippen LogP contribution < -0.4 is 15.6 Å². The van der Waals surface area contributed by atoms with E-state index in [1.807, 2.05) is 73.8 Å². The van der Waals surface area contributed by atoms with Gasteiger partial charge in [0.2, 0.25) is 5.56 Å². The molecular weight excluding hydrogens is 354 g/mol. The van der Waals surface area contributed by atoms with Crippen LogP contribution in [0.1, 0.15) is 11.4 Å². The summed E-state index contributed by atoms with van der Waals surface area (Å²) >= 11 is 0. The van der Waals surface area contributed by atoms with Gasteiger partial charge >= 0.3 is 0 Å². The third-order valence-corrected chi connectivity index (χ3v) is 4.07. The van der Waals surface area contributed by atoms with Gasteiger partial charge in [0.25, 0.3) is 0 Å². The number of anilines is 1. The summed E-state index contributed by atoms with van der Waals surface area (Å²) in [4.78, 5) is 14.2. The van der Waals surface area contributed by atoms with Crippen LogP contribution in [0.15, 0.2) is 77.7 Å². The number of aromatic amines is 1. The summed E-state index contributed by atoms with van der Waals surface area (Å²) in [5.41, 5.74) is 3.06. The van der Waals surface area contributed by atoms with E-state index in [9.17, 15) is 4.79 Å². The number of pyridine rings is 1. The molecule has 0 aliphatic carbocycles. The highest BCUT2D eigenvalue weighted by atomic mass is 16.5. The number of aryl methyl sites for hydroxylation is 1. The Morgan fingerprint density at radius 3 is 2.54 bits per heavy atom. The molecule has 140 valence electrons. The van der Waals surface area contributed by atoms with Gasteiger partial charge in [0.15, 0.2) is 0 Å². The number of ether oxygens (including phenoxy) is 1. The molecule has 0 saturated carbocycles. The Balaban J connectivity index is 1.41. The maximum Gasteiger partial charge on any atom is 0.250 e. The lowest BCUT2D eigenvalue weighted by Gasteiger charge is -2.06. The molecule has 2 heterocycles. The molecule has 0 unspecified atom stereocenters. The molecule has 7 nitrogen and oxygen atoms in total. The Morgan fingerprint density at radius 1 is 1.04 bits per heavy atom. The summed E-state index contributed by atoms with van der Waals surface area (Å²) < 4.78 is 7.50. The minimum Gasteiger partial charge on any atom is -0.457 e. The fraction of sp³-hybridized carbons (Fsp3) is 0.0952. The van der Waals surface area contributed by atoms with Crippen molar-refractivity contribution in [2.75, 3.05) is 5.32 Å². The van der Waals surface area contributed by atoms with Crippen LogP contribution in [0.25, 0.3) is 5.69 Å². The van der Waals surface area contributed by atoms with E-state index in [4.69, 9.17) is 4.74 Å². The summed E-state index contributed by atoms with van der Waals surface area (Å²) in [5, 5.41) is 11.5. The van der Waals surface area contributed by atoms with Crippen molar-refractivity contribution in [2.24, 2.45) is 0 Å². The summed E-state index contributed by atoms with van der Waals surface area (Å²) in [5.74, 6) is 1.54. The molecule has 0 aliphatic rings. The first-order valence-electron chi connectivity index (χ1n) is 8.85. The molecule has 0 fully saturated rings. The van der Waals surface area contributed by atoms with Crippen LogP contribution in [0.2, 0.25) is 0 Å². The molecular formula is C21H19N5O2. The van der Waals surface area contributed by atoms with Crippen molar-refractivity contribution in [1.82, 2.24) is 20.0 Å². The average Bonchev–Trinajstić information content (AvgIpc) is 3.16. The summed E-state index contributed by atoms with van der Waals surface area (Å²) in [6.07, 6.45) is 1.85. The minimum atomic E-state index is -0.135. The minimum absolute atomic E-state index is 0.135. The van der Waals surface area contributed by atoms with Crippen molar-refractivity contribution in [2.45, 2.75) is 13.5 Å². The van der Waals surface area contributed by atoms with Gasteiger partial charge in [-0.25, -0.2) is 4.68 Å². The number of hydrogen-bond acceptors (Lipinski definition) is 5. The van der Waals surface area contributed by atoms with Crippen molar-refractivity contribution in [3.63, 3.8) is 0 Å². The van der Waals surface area contributed by atoms with E-state index in [0.717, 1.165) is 34.3 Å². The fourth-order valence-corrected chi connectivity index (χ4v) is 2.77. The van der Waals surface area contributed by atoms with Crippen molar-refractivity contribution in [3.05, 3.63) is 94.7 Å². The normalized spacial score (nSPS) is 10.6. The molecule has 7 heteroatoms. The van der Waals surface area contributed by atoms with Gasteiger partial charge in [-0.05, 0) is 49.4 Å². The van der Waals surface area contributed by atoms with Crippen LogP contribution in [-0.2, 0) is 6.54 Å². The van der Waals surface area contributed by atoms with Gasteiger partial charge in [-0.2, -0.15) is 0 Å². The second-order valence-electron chi connectivity index (χ2n) is 6.33. The number of H-pyrrole nitrogens is 1. The van der Waals surface area contributed by atoms with Gasteiger partial charge in [-0.3, -0.25) is 4.79 Å². The van der Waals surface area contributed by atoms with Gasteiger partial charge in [0.1, 0.15) is 17.2 Å². The Labute approximate surface area is 161 Å². The van der Waals surface area contributed by atoms with Crippen LogP contribution in [0.4, 0.5) is 5.69 Å².